The van der Waals surface area contributed by atoms with Crippen LogP contribution in [-0.4, -0.2) is 82.9 Å². The normalized spacial score (nSPS) is 26.8. The van der Waals surface area contributed by atoms with E-state index < -0.39 is 56.0 Å². The Balaban J connectivity index is 1.21. The van der Waals surface area contributed by atoms with E-state index in [4.69, 9.17) is 9.72 Å². The molecular formula is C38H44F3N5O6S2. The summed E-state index contributed by atoms with van der Waals surface area (Å²) in [4.78, 5) is 53.8. The summed E-state index contributed by atoms with van der Waals surface area (Å²) < 4.78 is 74.6. The van der Waals surface area contributed by atoms with E-state index in [2.05, 4.69) is 9.71 Å². The molecule has 2 aliphatic carbocycles. The molecule has 3 amide bonds. The van der Waals surface area contributed by atoms with Crippen molar-refractivity contribution in [3.63, 3.8) is 0 Å². The first-order valence-corrected chi connectivity index (χ1v) is 20.7. The molecule has 4 heterocycles. The lowest BCUT2D eigenvalue weighted by Gasteiger charge is -2.29. The Hall–Kier alpha value is -4.05. The molecule has 3 aromatic rings. The minimum Gasteiger partial charge on any atom is -0.488 e. The molecule has 2 saturated carbocycles. The Labute approximate surface area is 316 Å². The van der Waals surface area contributed by atoms with Gasteiger partial charge < -0.3 is 14.5 Å². The van der Waals surface area contributed by atoms with Crippen LogP contribution in [0.5, 0.6) is 5.75 Å². The van der Waals surface area contributed by atoms with E-state index in [0.29, 0.717) is 42.5 Å². The number of likely N-dealkylation sites (N-methyl/N-ethyl adjacent to an activating group) is 1. The number of halogens is 3. The molecule has 1 unspecified atom stereocenters. The number of fused-ring (bicyclic) bond motifs is 3. The van der Waals surface area contributed by atoms with Crippen molar-refractivity contribution in [3.05, 3.63) is 52.6 Å². The number of pyridine rings is 1. The van der Waals surface area contributed by atoms with Crippen molar-refractivity contribution in [1.82, 2.24) is 24.5 Å². The zero-order chi connectivity index (χ0) is 38.8. The number of alkyl halides is 3. The van der Waals surface area contributed by atoms with Gasteiger partial charge in [0.1, 0.15) is 28.6 Å². The molecule has 1 aromatic carbocycles. The Bertz CT molecular complexity index is 2150. The third kappa shape index (κ3) is 7.23. The van der Waals surface area contributed by atoms with Crippen LogP contribution in [0.15, 0.2) is 35.7 Å². The van der Waals surface area contributed by atoms with E-state index in [1.54, 1.807) is 24.9 Å². The van der Waals surface area contributed by atoms with Gasteiger partial charge in [-0.1, -0.05) is 24.6 Å². The fourth-order valence-corrected chi connectivity index (χ4v) is 9.62. The van der Waals surface area contributed by atoms with Gasteiger partial charge in [-0.2, -0.15) is 13.2 Å². The molecule has 7 rings (SSSR count). The molecular weight excluding hydrogens is 744 g/mol. The lowest BCUT2D eigenvalue weighted by molar-refractivity contribution is -0.144. The predicted octanol–water partition coefficient (Wildman–Crippen LogP) is 6.33. The van der Waals surface area contributed by atoms with E-state index in [1.165, 1.54) is 4.90 Å². The maximum absolute atomic E-state index is 14.4. The second-order valence-electron chi connectivity index (χ2n) is 15.5. The van der Waals surface area contributed by atoms with Crippen LogP contribution in [-0.2, 0) is 30.6 Å². The highest BCUT2D eigenvalue weighted by atomic mass is 32.2. The van der Waals surface area contributed by atoms with Crippen molar-refractivity contribution in [1.29, 1.82) is 0 Å². The number of benzene rings is 1. The molecule has 54 heavy (non-hydrogen) atoms. The number of thiazole rings is 1. The number of aryl methyl sites for hydroxylation is 2. The maximum atomic E-state index is 14.4. The number of nitrogens with one attached hydrogen (secondary N) is 1. The number of aromatic nitrogens is 2. The molecule has 0 radical (unpaired) electrons. The van der Waals surface area contributed by atoms with Crippen LogP contribution in [0.3, 0.4) is 0 Å². The van der Waals surface area contributed by atoms with Gasteiger partial charge in [-0.25, -0.2) is 18.4 Å². The molecule has 3 fully saturated rings. The molecule has 2 aromatic heterocycles. The van der Waals surface area contributed by atoms with Crippen LogP contribution in [0.1, 0.15) is 81.5 Å². The van der Waals surface area contributed by atoms with Gasteiger partial charge in [0, 0.05) is 43.3 Å². The Morgan fingerprint density at radius 3 is 2.57 bits per heavy atom. The average Bonchev–Trinajstić information content (AvgIpc) is 3.87. The number of hydrogen-bond donors (Lipinski definition) is 1. The molecule has 1 N–H and O–H groups in total. The molecule has 4 aliphatic rings. The van der Waals surface area contributed by atoms with Crippen molar-refractivity contribution in [2.75, 3.05) is 20.1 Å². The van der Waals surface area contributed by atoms with Gasteiger partial charge in [0.05, 0.1) is 22.2 Å². The minimum atomic E-state index is -4.62. The first-order valence-electron chi connectivity index (χ1n) is 18.3. The van der Waals surface area contributed by atoms with Gasteiger partial charge in [-0.05, 0) is 82.4 Å². The summed E-state index contributed by atoms with van der Waals surface area (Å²) in [6.45, 7) is 5.85. The van der Waals surface area contributed by atoms with Crippen molar-refractivity contribution < 1.29 is 40.7 Å². The van der Waals surface area contributed by atoms with Gasteiger partial charge in [0.25, 0.3) is 0 Å². The third-order valence-corrected chi connectivity index (χ3v) is 14.7. The first kappa shape index (κ1) is 38.2. The number of sulfonamides is 1. The van der Waals surface area contributed by atoms with Crippen molar-refractivity contribution >= 4 is 50.0 Å². The lowest BCUT2D eigenvalue weighted by atomic mass is 9.96. The number of rotatable bonds is 6. The molecule has 4 atom stereocenters. The van der Waals surface area contributed by atoms with Crippen molar-refractivity contribution in [2.45, 2.75) is 102 Å². The molecule has 16 heteroatoms. The van der Waals surface area contributed by atoms with Gasteiger partial charge in [0.15, 0.2) is 5.69 Å². The van der Waals surface area contributed by atoms with Crippen LogP contribution < -0.4 is 9.46 Å². The molecule has 1 saturated heterocycles. The fraction of sp³-hybridized carbons (Fsp3) is 0.553. The Morgan fingerprint density at radius 2 is 1.87 bits per heavy atom. The van der Waals surface area contributed by atoms with E-state index in [-0.39, 0.29) is 41.9 Å². The summed E-state index contributed by atoms with van der Waals surface area (Å²) in [6.07, 6.45) is 2.90. The fourth-order valence-electron chi connectivity index (χ4n) is 7.51. The molecule has 0 spiro atoms. The topological polar surface area (TPSA) is 139 Å². The number of carbonyl (C=O) groups is 3. The molecule has 290 valence electrons. The van der Waals surface area contributed by atoms with Crippen LogP contribution >= 0.6 is 11.3 Å². The zero-order valence-electron chi connectivity index (χ0n) is 30.7. The SMILES string of the molecule is Cc1ccc2c(OC3C[C@H]4C(=O)N(C)CCCCC/C=C/[C@@H]5C[C@@]5(C(=O)NS(=O)(=O)C5(C)CC5)CC(=O)N4C3)cc(-c3nc(C(F)(F)F)cs3)nc2c1C. The highest BCUT2D eigenvalue weighted by Crippen LogP contribution is 2.57. The minimum absolute atomic E-state index is 0.00286. The molecule has 2 aliphatic heterocycles. The standard InChI is InChI=1S/C38H44F3N5O6S2/c1-22-11-12-26-29(17-27(42-32(26)23(22)2)33-43-30(21-53-33)38(39,40)41)52-25-16-28-34(48)45(4)15-9-7-5-6-8-10-24-18-37(24,19-31(47)46(28)20-25)35(49)44-54(50,51)36(3)13-14-36/h8,10-12,17,21,24-25,28H,5-7,9,13-16,18-20H2,1-4H3,(H,44,49)/b10-8+/t24-,25?,28+,37-/m1/s1. The van der Waals surface area contributed by atoms with Crippen molar-refractivity contribution in [2.24, 2.45) is 11.3 Å². The van der Waals surface area contributed by atoms with E-state index in [9.17, 15) is 36.0 Å². The Kier molecular flexibility index (Phi) is 9.85. The summed E-state index contributed by atoms with van der Waals surface area (Å²) in [6, 6.07) is 4.35. The van der Waals surface area contributed by atoms with Crippen LogP contribution in [0.25, 0.3) is 21.6 Å². The van der Waals surface area contributed by atoms with Gasteiger partial charge >= 0.3 is 6.18 Å². The first-order chi connectivity index (χ1) is 25.4. The maximum Gasteiger partial charge on any atom is 0.434 e. The van der Waals surface area contributed by atoms with Crippen LogP contribution in [0.2, 0.25) is 0 Å². The van der Waals surface area contributed by atoms with Crippen molar-refractivity contribution in [3.8, 4) is 16.5 Å². The summed E-state index contributed by atoms with van der Waals surface area (Å²) in [5.41, 5.74) is 0.160. The summed E-state index contributed by atoms with van der Waals surface area (Å²) >= 11 is 0.820. The third-order valence-electron chi connectivity index (χ3n) is 11.6. The smallest absolute Gasteiger partial charge is 0.434 e. The quantitative estimate of drug-likeness (QED) is 0.287. The number of carbonyl (C=O) groups excluding carboxylic acids is 3. The van der Waals surface area contributed by atoms with E-state index in [0.717, 1.165) is 53.5 Å². The molecule has 11 nitrogen and oxygen atoms in total. The number of hydrogen-bond acceptors (Lipinski definition) is 9. The number of nitrogens with zero attached hydrogens (tertiary/aromatic N) is 4. The highest BCUT2D eigenvalue weighted by Gasteiger charge is 2.62. The summed E-state index contributed by atoms with van der Waals surface area (Å²) in [7, 11) is -2.26. The monoisotopic (exact) mass is 787 g/mol. The zero-order valence-corrected chi connectivity index (χ0v) is 32.3. The number of allylic oxidation sites excluding steroid dienone is 2. The van der Waals surface area contributed by atoms with E-state index in [1.807, 2.05) is 38.1 Å². The van der Waals surface area contributed by atoms with Crippen LogP contribution in [0, 0.1) is 25.2 Å². The van der Waals surface area contributed by atoms with Crippen LogP contribution in [0.4, 0.5) is 13.2 Å². The largest absolute Gasteiger partial charge is 0.488 e. The second-order valence-corrected chi connectivity index (χ2v) is 18.6. The number of amides is 3. The van der Waals surface area contributed by atoms with Gasteiger partial charge in [-0.15, -0.1) is 11.3 Å². The molecule has 0 bridgehead atoms. The van der Waals surface area contributed by atoms with Gasteiger partial charge in [-0.3, -0.25) is 19.1 Å². The highest BCUT2D eigenvalue weighted by molar-refractivity contribution is 7.91. The van der Waals surface area contributed by atoms with Gasteiger partial charge in [0.2, 0.25) is 27.7 Å². The summed E-state index contributed by atoms with van der Waals surface area (Å²) in [5.74, 6) is -1.45. The second kappa shape index (κ2) is 13.9. The van der Waals surface area contributed by atoms with E-state index >= 15 is 0 Å². The Morgan fingerprint density at radius 1 is 1.11 bits per heavy atom. The number of ether oxygens (including phenoxy) is 1. The predicted molar refractivity (Wildman–Crippen MR) is 197 cm³/mol. The summed E-state index contributed by atoms with van der Waals surface area (Å²) in [5, 5.41) is 1.62. The lowest BCUT2D eigenvalue weighted by Crippen LogP contribution is -2.49. The average molecular weight is 788 g/mol.